The molecule has 1 saturated heterocycles. The van der Waals surface area contributed by atoms with Crippen LogP contribution in [0.4, 0.5) is 0 Å². The van der Waals surface area contributed by atoms with Crippen molar-refractivity contribution in [1.29, 1.82) is 0 Å². The molecule has 6 heteroatoms. The first kappa shape index (κ1) is 25.3. The molecule has 160 valence electrons. The van der Waals surface area contributed by atoms with E-state index >= 15 is 0 Å². The maximum atomic E-state index is 6.05. The third-order valence-corrected chi connectivity index (χ3v) is 4.87. The molecular formula is C23H32Cl2N2O2. The summed E-state index contributed by atoms with van der Waals surface area (Å²) in [6.45, 7) is 11.3. The molecule has 1 fully saturated rings. The van der Waals surface area contributed by atoms with Crippen molar-refractivity contribution in [3.05, 3.63) is 72.3 Å². The van der Waals surface area contributed by atoms with Crippen molar-refractivity contribution in [3.8, 4) is 11.5 Å². The van der Waals surface area contributed by atoms with Gasteiger partial charge in [0.15, 0.2) is 11.5 Å². The van der Waals surface area contributed by atoms with Crippen LogP contribution in [0.15, 0.2) is 61.2 Å². The van der Waals surface area contributed by atoms with E-state index in [4.69, 9.17) is 9.47 Å². The Labute approximate surface area is 187 Å². The zero-order valence-corrected chi connectivity index (χ0v) is 18.6. The highest BCUT2D eigenvalue weighted by molar-refractivity contribution is 5.85. The fraction of sp³-hybridized carbons (Fsp3) is 0.391. The fourth-order valence-electron chi connectivity index (χ4n) is 3.50. The largest absolute Gasteiger partial charge is 0.490 e. The predicted octanol–water partition coefficient (Wildman–Crippen LogP) is 5.03. The van der Waals surface area contributed by atoms with Crippen LogP contribution in [0, 0.1) is 0 Å². The second-order valence-corrected chi connectivity index (χ2v) is 6.74. The third-order valence-electron chi connectivity index (χ3n) is 4.87. The summed E-state index contributed by atoms with van der Waals surface area (Å²) < 4.78 is 11.9. The molecule has 0 bridgehead atoms. The normalized spacial score (nSPS) is 14.8. The average molecular weight is 439 g/mol. The molecule has 3 rings (SSSR count). The first-order valence-corrected chi connectivity index (χ1v) is 9.81. The summed E-state index contributed by atoms with van der Waals surface area (Å²) >= 11 is 0. The Bertz CT molecular complexity index is 722. The van der Waals surface area contributed by atoms with Gasteiger partial charge in [0.2, 0.25) is 0 Å². The molecule has 0 aliphatic carbocycles. The molecule has 2 aromatic carbocycles. The van der Waals surface area contributed by atoms with Crippen molar-refractivity contribution in [2.45, 2.75) is 26.0 Å². The lowest BCUT2D eigenvalue weighted by Gasteiger charge is -2.35. The van der Waals surface area contributed by atoms with Crippen molar-refractivity contribution >= 4 is 24.8 Å². The highest BCUT2D eigenvalue weighted by Gasteiger charge is 2.22. The highest BCUT2D eigenvalue weighted by Crippen LogP contribution is 2.34. The van der Waals surface area contributed by atoms with Gasteiger partial charge in [-0.2, -0.15) is 0 Å². The second kappa shape index (κ2) is 13.5. The maximum absolute atomic E-state index is 6.05. The summed E-state index contributed by atoms with van der Waals surface area (Å²) in [6.07, 6.45) is 2.93. The monoisotopic (exact) mass is 438 g/mol. The molecule has 0 saturated carbocycles. The SMILES string of the molecule is C=CC[C@@H](c1ccc(OCc2ccccc2)c(OCC)c1)N1CCNCC1.Cl.Cl. The number of piperazine rings is 1. The molecular weight excluding hydrogens is 407 g/mol. The summed E-state index contributed by atoms with van der Waals surface area (Å²) in [4.78, 5) is 2.52. The Kier molecular flexibility index (Phi) is 11.8. The van der Waals surface area contributed by atoms with Crippen LogP contribution in [0.5, 0.6) is 11.5 Å². The lowest BCUT2D eigenvalue weighted by molar-refractivity contribution is 0.174. The van der Waals surface area contributed by atoms with Crippen LogP contribution in [0.3, 0.4) is 0 Å². The Morgan fingerprint density at radius 1 is 1.03 bits per heavy atom. The lowest BCUT2D eigenvalue weighted by Crippen LogP contribution is -2.45. The minimum Gasteiger partial charge on any atom is -0.490 e. The summed E-state index contributed by atoms with van der Waals surface area (Å²) in [5, 5.41) is 3.42. The number of hydrogen-bond acceptors (Lipinski definition) is 4. The summed E-state index contributed by atoms with van der Waals surface area (Å²) in [5.74, 6) is 1.61. The van der Waals surface area contributed by atoms with Crippen LogP contribution in [-0.4, -0.2) is 37.7 Å². The van der Waals surface area contributed by atoms with Gasteiger partial charge in [0, 0.05) is 32.2 Å². The van der Waals surface area contributed by atoms with Crippen LogP contribution in [0.2, 0.25) is 0 Å². The topological polar surface area (TPSA) is 33.7 Å². The first-order valence-electron chi connectivity index (χ1n) is 9.81. The molecule has 0 radical (unpaired) electrons. The van der Waals surface area contributed by atoms with Crippen molar-refractivity contribution in [3.63, 3.8) is 0 Å². The average Bonchev–Trinajstić information content (AvgIpc) is 2.73. The first-order chi connectivity index (χ1) is 13.3. The second-order valence-electron chi connectivity index (χ2n) is 6.74. The molecule has 2 aromatic rings. The molecule has 1 heterocycles. The molecule has 1 aliphatic heterocycles. The maximum Gasteiger partial charge on any atom is 0.161 e. The van der Waals surface area contributed by atoms with E-state index in [9.17, 15) is 0 Å². The Hall–Kier alpha value is -1.72. The molecule has 29 heavy (non-hydrogen) atoms. The summed E-state index contributed by atoms with van der Waals surface area (Å²) in [6, 6.07) is 16.9. The molecule has 4 nitrogen and oxygen atoms in total. The van der Waals surface area contributed by atoms with Crippen LogP contribution in [-0.2, 0) is 6.61 Å². The minimum absolute atomic E-state index is 0. The standard InChI is InChI=1S/C23H30N2O2.2ClH/c1-3-8-21(25-15-13-24-14-16-25)20-11-12-22(23(17-20)26-4-2)27-18-19-9-6-5-7-10-19;;/h3,5-7,9-12,17,21,24H,1,4,8,13-16,18H2,2H3;2*1H/t21-;;/m0../s1. The van der Waals surface area contributed by atoms with Gasteiger partial charge in [-0.1, -0.05) is 42.5 Å². The van der Waals surface area contributed by atoms with E-state index in [1.807, 2.05) is 37.3 Å². The number of rotatable bonds is 9. The molecule has 1 atom stereocenters. The number of benzene rings is 2. The van der Waals surface area contributed by atoms with Crippen molar-refractivity contribution in [2.75, 3.05) is 32.8 Å². The molecule has 0 aromatic heterocycles. The van der Waals surface area contributed by atoms with Crippen LogP contribution < -0.4 is 14.8 Å². The van der Waals surface area contributed by atoms with Gasteiger partial charge in [-0.15, -0.1) is 31.4 Å². The zero-order valence-electron chi connectivity index (χ0n) is 17.0. The van der Waals surface area contributed by atoms with E-state index in [1.54, 1.807) is 0 Å². The van der Waals surface area contributed by atoms with Gasteiger partial charge in [0.25, 0.3) is 0 Å². The zero-order chi connectivity index (χ0) is 18.9. The van der Waals surface area contributed by atoms with Crippen molar-refractivity contribution < 1.29 is 9.47 Å². The van der Waals surface area contributed by atoms with E-state index in [-0.39, 0.29) is 24.8 Å². The fourth-order valence-corrected chi connectivity index (χ4v) is 3.50. The van der Waals surface area contributed by atoms with Crippen molar-refractivity contribution in [2.24, 2.45) is 0 Å². The van der Waals surface area contributed by atoms with Gasteiger partial charge in [-0.3, -0.25) is 4.90 Å². The van der Waals surface area contributed by atoms with E-state index in [2.05, 4.69) is 41.1 Å². The van der Waals surface area contributed by atoms with Crippen LogP contribution >= 0.6 is 24.8 Å². The Morgan fingerprint density at radius 3 is 2.41 bits per heavy atom. The minimum atomic E-state index is 0. The quantitative estimate of drug-likeness (QED) is 0.556. The van der Waals surface area contributed by atoms with Gasteiger partial charge in [0.1, 0.15) is 6.61 Å². The van der Waals surface area contributed by atoms with Gasteiger partial charge < -0.3 is 14.8 Å². The molecule has 1 aliphatic rings. The number of nitrogens with one attached hydrogen (secondary N) is 1. The van der Waals surface area contributed by atoms with Gasteiger partial charge in [0.05, 0.1) is 6.61 Å². The number of hydrogen-bond donors (Lipinski definition) is 1. The number of ether oxygens (including phenoxy) is 2. The highest BCUT2D eigenvalue weighted by atomic mass is 35.5. The Balaban J connectivity index is 0.00000210. The number of halogens is 2. The molecule has 1 N–H and O–H groups in total. The van der Waals surface area contributed by atoms with Gasteiger partial charge in [-0.05, 0) is 36.6 Å². The summed E-state index contributed by atoms with van der Waals surface area (Å²) in [7, 11) is 0. The molecule has 0 spiro atoms. The Morgan fingerprint density at radius 2 is 1.76 bits per heavy atom. The van der Waals surface area contributed by atoms with Gasteiger partial charge in [-0.25, -0.2) is 0 Å². The summed E-state index contributed by atoms with van der Waals surface area (Å²) in [5.41, 5.74) is 2.40. The predicted molar refractivity (Wildman–Crippen MR) is 125 cm³/mol. The molecule has 0 unspecified atom stereocenters. The van der Waals surface area contributed by atoms with E-state index in [0.29, 0.717) is 19.3 Å². The van der Waals surface area contributed by atoms with Crippen molar-refractivity contribution in [1.82, 2.24) is 10.2 Å². The van der Waals surface area contributed by atoms with E-state index in [0.717, 1.165) is 49.7 Å². The lowest BCUT2D eigenvalue weighted by atomic mass is 10.0. The smallest absolute Gasteiger partial charge is 0.161 e. The third kappa shape index (κ3) is 7.23. The number of nitrogens with zero attached hydrogens (tertiary/aromatic N) is 1. The van der Waals surface area contributed by atoms with Gasteiger partial charge >= 0.3 is 0 Å². The molecule has 0 amide bonds. The van der Waals surface area contributed by atoms with E-state index in [1.165, 1.54) is 5.56 Å². The van der Waals surface area contributed by atoms with Crippen LogP contribution in [0.1, 0.15) is 30.5 Å². The van der Waals surface area contributed by atoms with E-state index < -0.39 is 0 Å². The van der Waals surface area contributed by atoms with Crippen LogP contribution in [0.25, 0.3) is 0 Å².